The van der Waals surface area contributed by atoms with Crippen molar-refractivity contribution in [3.05, 3.63) is 46.0 Å². The van der Waals surface area contributed by atoms with E-state index >= 15 is 0 Å². The fourth-order valence-electron chi connectivity index (χ4n) is 3.60. The largest absolute Gasteiger partial charge is 0.372 e. The van der Waals surface area contributed by atoms with Crippen LogP contribution >= 0.6 is 23.5 Å². The van der Waals surface area contributed by atoms with Crippen molar-refractivity contribution in [1.82, 2.24) is 9.73 Å². The molecule has 10 heteroatoms. The van der Waals surface area contributed by atoms with Crippen LogP contribution in [0.25, 0.3) is 10.8 Å². The smallest absolute Gasteiger partial charge is 0.238 e. The maximum atomic E-state index is 11.7. The van der Waals surface area contributed by atoms with E-state index in [9.17, 15) is 9.59 Å². The van der Waals surface area contributed by atoms with Crippen molar-refractivity contribution in [2.45, 2.75) is 26.6 Å². The van der Waals surface area contributed by atoms with Gasteiger partial charge in [-0.3, -0.25) is 14.9 Å². The van der Waals surface area contributed by atoms with Crippen LogP contribution in [0.4, 0.5) is 0 Å². The van der Waals surface area contributed by atoms with E-state index in [0.29, 0.717) is 36.2 Å². The first kappa shape index (κ1) is 20.6. The van der Waals surface area contributed by atoms with Gasteiger partial charge in [0.05, 0.1) is 30.5 Å². The van der Waals surface area contributed by atoms with Crippen LogP contribution in [0.3, 0.4) is 0 Å². The molecule has 0 spiro atoms. The summed E-state index contributed by atoms with van der Waals surface area (Å²) in [5.74, 6) is -0.135. The van der Waals surface area contributed by atoms with Gasteiger partial charge in [-0.25, -0.2) is 9.41 Å². The fraction of sp³-hybridized carbons (Fsp3) is 0.300. The Hall–Kier alpha value is -2.62. The maximum Gasteiger partial charge on any atom is 0.238 e. The number of guanidine groups is 1. The molecule has 8 nitrogen and oxygen atoms in total. The molecule has 0 radical (unpaired) electrons. The zero-order valence-corrected chi connectivity index (χ0v) is 17.8. The second-order valence-electron chi connectivity index (χ2n) is 6.94. The van der Waals surface area contributed by atoms with Crippen molar-refractivity contribution in [1.29, 1.82) is 0 Å². The predicted molar refractivity (Wildman–Crippen MR) is 118 cm³/mol. The number of amides is 2. The Morgan fingerprint density at radius 1 is 1.33 bits per heavy atom. The number of hydrogen-bond donors (Lipinski definition) is 2. The number of nitrogens with zero attached hydrogens (tertiary/aromatic N) is 3. The maximum absolute atomic E-state index is 11.7. The Morgan fingerprint density at radius 3 is 2.93 bits per heavy atom. The van der Waals surface area contributed by atoms with E-state index in [1.807, 2.05) is 18.2 Å². The molecule has 2 aromatic rings. The number of carbonyl (C=O) groups excluding carboxylic acids is 2. The SMILES string of the molecule is CC(=O)NC(=O)CCSN1CC(c2c(Cl)cc3c4c(cccc24)COC3)=NC(N)=N1. The quantitative estimate of drug-likeness (QED) is 0.684. The molecule has 0 fully saturated rings. The molecule has 2 aliphatic rings. The first-order chi connectivity index (χ1) is 14.4. The summed E-state index contributed by atoms with van der Waals surface area (Å²) < 4.78 is 7.34. The van der Waals surface area contributed by atoms with Crippen molar-refractivity contribution < 1.29 is 14.3 Å². The van der Waals surface area contributed by atoms with Crippen molar-refractivity contribution >= 4 is 57.8 Å². The number of nitrogens with two attached hydrogens (primary N) is 1. The summed E-state index contributed by atoms with van der Waals surface area (Å²) >= 11 is 8.00. The molecule has 2 aromatic carbocycles. The van der Waals surface area contributed by atoms with Gasteiger partial charge in [0.2, 0.25) is 17.8 Å². The van der Waals surface area contributed by atoms with Gasteiger partial charge in [-0.2, -0.15) is 0 Å². The summed E-state index contributed by atoms with van der Waals surface area (Å²) in [5, 5.41) is 9.22. The lowest BCUT2D eigenvalue weighted by Gasteiger charge is -2.25. The molecular formula is C20H20ClN5O3S. The molecule has 156 valence electrons. The van der Waals surface area contributed by atoms with E-state index in [2.05, 4.69) is 21.5 Å². The summed E-state index contributed by atoms with van der Waals surface area (Å²) in [7, 11) is 0. The van der Waals surface area contributed by atoms with Gasteiger partial charge in [0.1, 0.15) is 0 Å². The van der Waals surface area contributed by atoms with Crippen LogP contribution in [0.15, 0.2) is 34.4 Å². The number of halogens is 1. The van der Waals surface area contributed by atoms with E-state index < -0.39 is 0 Å². The van der Waals surface area contributed by atoms with Crippen molar-refractivity contribution in [2.75, 3.05) is 12.3 Å². The van der Waals surface area contributed by atoms with Crippen molar-refractivity contribution in [2.24, 2.45) is 15.8 Å². The minimum Gasteiger partial charge on any atom is -0.372 e. The highest BCUT2D eigenvalue weighted by Crippen LogP contribution is 2.36. The molecule has 0 saturated heterocycles. The normalized spacial score (nSPS) is 15.6. The Labute approximate surface area is 182 Å². The van der Waals surface area contributed by atoms with E-state index in [4.69, 9.17) is 22.1 Å². The third kappa shape index (κ3) is 4.28. The average Bonchev–Trinajstić information content (AvgIpc) is 2.67. The number of ether oxygens (including phenoxy) is 1. The molecule has 2 heterocycles. The molecule has 2 aliphatic heterocycles. The van der Waals surface area contributed by atoms with E-state index in [-0.39, 0.29) is 24.2 Å². The first-order valence-corrected chi connectivity index (χ1v) is 10.7. The minimum atomic E-state index is -0.373. The van der Waals surface area contributed by atoms with Crippen LogP contribution in [0.5, 0.6) is 0 Å². The predicted octanol–water partition coefficient (Wildman–Crippen LogP) is 2.56. The van der Waals surface area contributed by atoms with Crippen molar-refractivity contribution in [3.63, 3.8) is 0 Å². The molecule has 3 N–H and O–H groups in total. The molecule has 0 aliphatic carbocycles. The van der Waals surface area contributed by atoms with Crippen LogP contribution in [-0.2, 0) is 27.5 Å². The molecule has 0 atom stereocenters. The van der Waals surface area contributed by atoms with Crippen LogP contribution in [-0.4, -0.2) is 40.2 Å². The summed E-state index contributed by atoms with van der Waals surface area (Å²) in [6.07, 6.45) is 0.185. The third-order valence-corrected chi connectivity index (χ3v) is 5.91. The van der Waals surface area contributed by atoms with Crippen LogP contribution in [0, 0.1) is 0 Å². The zero-order valence-electron chi connectivity index (χ0n) is 16.3. The summed E-state index contributed by atoms with van der Waals surface area (Å²) in [6, 6.07) is 7.99. The lowest BCUT2D eigenvalue weighted by Crippen LogP contribution is -2.32. The minimum absolute atomic E-state index is 0.122. The number of rotatable bonds is 5. The molecule has 0 unspecified atom stereocenters. The Bertz CT molecular complexity index is 1100. The summed E-state index contributed by atoms with van der Waals surface area (Å²) in [6.45, 7) is 2.77. The Kier molecular flexibility index (Phi) is 5.94. The van der Waals surface area contributed by atoms with Gasteiger partial charge < -0.3 is 10.5 Å². The van der Waals surface area contributed by atoms with Gasteiger partial charge >= 0.3 is 0 Å². The van der Waals surface area contributed by atoms with Crippen LogP contribution < -0.4 is 11.1 Å². The average molecular weight is 446 g/mol. The second-order valence-corrected chi connectivity index (χ2v) is 8.43. The molecule has 0 saturated carbocycles. The molecule has 2 amide bonds. The summed E-state index contributed by atoms with van der Waals surface area (Å²) in [5.41, 5.74) is 9.68. The highest BCUT2D eigenvalue weighted by atomic mass is 35.5. The highest BCUT2D eigenvalue weighted by molar-refractivity contribution is 7.97. The molecule has 30 heavy (non-hydrogen) atoms. The van der Waals surface area contributed by atoms with Gasteiger partial charge in [-0.15, -0.1) is 5.10 Å². The zero-order chi connectivity index (χ0) is 21.3. The van der Waals surface area contributed by atoms with Gasteiger partial charge in [-0.05, 0) is 39.9 Å². The molecule has 0 bridgehead atoms. The van der Waals surface area contributed by atoms with Crippen molar-refractivity contribution in [3.8, 4) is 0 Å². The van der Waals surface area contributed by atoms with Crippen LogP contribution in [0.2, 0.25) is 5.02 Å². The van der Waals surface area contributed by atoms with E-state index in [1.54, 1.807) is 4.41 Å². The molecular weight excluding hydrogens is 426 g/mol. The van der Waals surface area contributed by atoms with Gasteiger partial charge in [-0.1, -0.05) is 29.8 Å². The standard InChI is InChI=1S/C20H20ClN5O3S/c1-11(27)23-17(28)5-6-30-26-8-16(24-20(22)25-26)19-14-4-2-3-12-9-29-10-13(18(12)14)7-15(19)21/h2-4,7H,5-6,8-10H2,1H3,(H2,22,25)(H,23,27,28). The monoisotopic (exact) mass is 445 g/mol. The molecule has 4 rings (SSSR count). The second kappa shape index (κ2) is 8.63. The number of aliphatic imine (C=N–C) groups is 1. The third-order valence-electron chi connectivity index (χ3n) is 4.72. The lowest BCUT2D eigenvalue weighted by atomic mass is 9.92. The topological polar surface area (TPSA) is 109 Å². The van der Waals surface area contributed by atoms with Gasteiger partial charge in [0, 0.05) is 24.7 Å². The van der Waals surface area contributed by atoms with Crippen LogP contribution in [0.1, 0.15) is 30.0 Å². The number of carbonyl (C=O) groups is 2. The van der Waals surface area contributed by atoms with Gasteiger partial charge in [0.25, 0.3) is 0 Å². The number of hydrogen-bond acceptors (Lipinski definition) is 8. The number of benzene rings is 2. The number of nitrogens with one attached hydrogen (secondary N) is 1. The van der Waals surface area contributed by atoms with Gasteiger partial charge in [0.15, 0.2) is 0 Å². The molecule has 0 aromatic heterocycles. The first-order valence-electron chi connectivity index (χ1n) is 9.36. The van der Waals surface area contributed by atoms with E-state index in [1.165, 1.54) is 18.9 Å². The fourth-order valence-corrected chi connectivity index (χ4v) is 4.78. The number of imide groups is 1. The highest BCUT2D eigenvalue weighted by Gasteiger charge is 2.24. The lowest BCUT2D eigenvalue weighted by molar-refractivity contribution is -0.128. The Morgan fingerprint density at radius 2 is 2.13 bits per heavy atom. The van der Waals surface area contributed by atoms with E-state index in [0.717, 1.165) is 27.5 Å². The summed E-state index contributed by atoms with van der Waals surface area (Å²) in [4.78, 5) is 27.1. The Balaban J connectivity index is 1.58. The number of hydrazone groups is 1.